The van der Waals surface area contributed by atoms with Crippen LogP contribution in [0.4, 0.5) is 8.78 Å². The van der Waals surface area contributed by atoms with E-state index in [4.69, 9.17) is 0 Å². The Balaban J connectivity index is 2.23. The lowest BCUT2D eigenvalue weighted by Crippen LogP contribution is -2.27. The molecule has 0 aliphatic rings. The molecule has 0 amide bonds. The van der Waals surface area contributed by atoms with Crippen molar-refractivity contribution in [3.05, 3.63) is 65.2 Å². The predicted octanol–water partition coefficient (Wildman–Crippen LogP) is 3.31. The quantitative estimate of drug-likeness (QED) is 0.941. The molecule has 0 bridgehead atoms. The van der Waals surface area contributed by atoms with E-state index in [0.29, 0.717) is 11.1 Å². The summed E-state index contributed by atoms with van der Waals surface area (Å²) >= 11 is 0. The molecule has 1 N–H and O–H groups in total. The summed E-state index contributed by atoms with van der Waals surface area (Å²) in [5.41, 5.74) is 1.01. The van der Waals surface area contributed by atoms with Gasteiger partial charge in [-0.3, -0.25) is 0 Å². The first-order valence-corrected chi connectivity index (χ1v) is 7.82. The van der Waals surface area contributed by atoms with Gasteiger partial charge in [-0.1, -0.05) is 12.1 Å². The summed E-state index contributed by atoms with van der Waals surface area (Å²) in [6.45, 7) is 3.25. The topological polar surface area (TPSA) is 46.2 Å². The van der Waals surface area contributed by atoms with Crippen LogP contribution in [0.3, 0.4) is 0 Å². The first-order valence-electron chi connectivity index (χ1n) is 6.33. The molecule has 0 saturated carbocycles. The van der Waals surface area contributed by atoms with Crippen molar-refractivity contribution in [2.45, 2.75) is 24.8 Å². The van der Waals surface area contributed by atoms with Gasteiger partial charge in [0.2, 0.25) is 10.0 Å². The van der Waals surface area contributed by atoms with Gasteiger partial charge in [-0.05, 0) is 55.3 Å². The molecule has 0 saturated heterocycles. The number of halogens is 2. The van der Waals surface area contributed by atoms with Crippen LogP contribution < -0.4 is 4.72 Å². The van der Waals surface area contributed by atoms with E-state index in [0.717, 1.165) is 12.1 Å². The fourth-order valence-corrected chi connectivity index (χ4v) is 3.09. The van der Waals surface area contributed by atoms with Crippen LogP contribution in [-0.4, -0.2) is 8.42 Å². The molecule has 1 unspecified atom stereocenters. The van der Waals surface area contributed by atoms with Crippen LogP contribution in [-0.2, 0) is 10.0 Å². The highest BCUT2D eigenvalue weighted by Gasteiger charge is 2.18. The number of nitrogens with one attached hydrogen (secondary N) is 1. The summed E-state index contributed by atoms with van der Waals surface area (Å²) in [5.74, 6) is -0.900. The fourth-order valence-electron chi connectivity index (χ4n) is 1.86. The van der Waals surface area contributed by atoms with Crippen LogP contribution in [0, 0.1) is 18.6 Å². The van der Waals surface area contributed by atoms with Gasteiger partial charge in [0, 0.05) is 6.04 Å². The van der Waals surface area contributed by atoms with Gasteiger partial charge in [0.25, 0.3) is 0 Å². The Morgan fingerprint density at radius 1 is 1.05 bits per heavy atom. The minimum absolute atomic E-state index is 0.0386. The van der Waals surface area contributed by atoms with E-state index in [1.54, 1.807) is 26.0 Å². The molecule has 2 aromatic rings. The molecular weight excluding hydrogens is 296 g/mol. The van der Waals surface area contributed by atoms with Crippen LogP contribution in [0.2, 0.25) is 0 Å². The van der Waals surface area contributed by atoms with E-state index in [-0.39, 0.29) is 10.7 Å². The summed E-state index contributed by atoms with van der Waals surface area (Å²) in [6.07, 6.45) is 0. The molecule has 0 heterocycles. The highest BCUT2D eigenvalue weighted by Crippen LogP contribution is 2.19. The number of hydrogen-bond donors (Lipinski definition) is 1. The van der Waals surface area contributed by atoms with Crippen LogP contribution in [0.5, 0.6) is 0 Å². The van der Waals surface area contributed by atoms with E-state index in [9.17, 15) is 17.2 Å². The molecule has 21 heavy (non-hydrogen) atoms. The van der Waals surface area contributed by atoms with E-state index in [1.807, 2.05) is 0 Å². The molecule has 3 nitrogen and oxygen atoms in total. The monoisotopic (exact) mass is 311 g/mol. The lowest BCUT2D eigenvalue weighted by Gasteiger charge is -2.15. The number of rotatable bonds is 4. The average molecular weight is 311 g/mol. The number of benzene rings is 2. The maximum atomic E-state index is 13.5. The maximum Gasteiger partial charge on any atom is 0.241 e. The zero-order valence-electron chi connectivity index (χ0n) is 11.6. The van der Waals surface area contributed by atoms with Gasteiger partial charge in [-0.25, -0.2) is 21.9 Å². The lowest BCUT2D eigenvalue weighted by molar-refractivity contribution is 0.563. The number of aryl methyl sites for hydroxylation is 1. The molecule has 0 aliphatic carbocycles. The smallest absolute Gasteiger partial charge is 0.207 e. The van der Waals surface area contributed by atoms with Gasteiger partial charge in [-0.2, -0.15) is 0 Å². The van der Waals surface area contributed by atoms with Crippen molar-refractivity contribution >= 4 is 10.0 Å². The number of sulfonamides is 1. The third-order valence-corrected chi connectivity index (χ3v) is 4.71. The van der Waals surface area contributed by atoms with Crippen molar-refractivity contribution < 1.29 is 17.2 Å². The molecule has 0 aliphatic heterocycles. The molecule has 0 aromatic heterocycles. The lowest BCUT2D eigenvalue weighted by atomic mass is 10.1. The maximum absolute atomic E-state index is 13.5. The van der Waals surface area contributed by atoms with E-state index in [1.165, 1.54) is 18.2 Å². The van der Waals surface area contributed by atoms with Crippen molar-refractivity contribution in [3.8, 4) is 0 Å². The standard InChI is InChI=1S/C15H15F2NO2S/c1-10-3-4-12(9-15(10)17)11(2)18-21(19,20)14-7-5-13(16)6-8-14/h3-9,11,18H,1-2H3. The Kier molecular flexibility index (Phi) is 4.39. The van der Waals surface area contributed by atoms with Crippen molar-refractivity contribution in [2.24, 2.45) is 0 Å². The molecule has 0 spiro atoms. The van der Waals surface area contributed by atoms with Crippen molar-refractivity contribution in [1.82, 2.24) is 4.72 Å². The second kappa shape index (κ2) is 5.91. The third-order valence-electron chi connectivity index (χ3n) is 3.15. The summed E-state index contributed by atoms with van der Waals surface area (Å²) < 4.78 is 53.1. The summed E-state index contributed by atoms with van der Waals surface area (Å²) in [5, 5.41) is 0. The molecule has 6 heteroatoms. The highest BCUT2D eigenvalue weighted by atomic mass is 32.2. The first-order chi connectivity index (χ1) is 9.79. The normalized spacial score (nSPS) is 13.1. The Hall–Kier alpha value is -1.79. The van der Waals surface area contributed by atoms with Crippen LogP contribution in [0.25, 0.3) is 0 Å². The zero-order valence-corrected chi connectivity index (χ0v) is 12.4. The van der Waals surface area contributed by atoms with Crippen molar-refractivity contribution in [2.75, 3.05) is 0 Å². The first kappa shape index (κ1) is 15.6. The van der Waals surface area contributed by atoms with Crippen molar-refractivity contribution in [3.63, 3.8) is 0 Å². The average Bonchev–Trinajstić information content (AvgIpc) is 2.41. The minimum atomic E-state index is -3.79. The Labute approximate surface area is 122 Å². The summed E-state index contributed by atoms with van der Waals surface area (Å²) in [6, 6.07) is 8.46. The van der Waals surface area contributed by atoms with Gasteiger partial charge in [0.1, 0.15) is 11.6 Å². The SMILES string of the molecule is Cc1ccc(C(C)NS(=O)(=O)c2ccc(F)cc2)cc1F. The number of hydrogen-bond acceptors (Lipinski definition) is 2. The minimum Gasteiger partial charge on any atom is -0.207 e. The summed E-state index contributed by atoms with van der Waals surface area (Å²) in [7, 11) is -3.79. The second-order valence-corrected chi connectivity index (χ2v) is 6.52. The molecular formula is C15H15F2NO2S. The molecule has 1 atom stereocenters. The van der Waals surface area contributed by atoms with Crippen molar-refractivity contribution in [1.29, 1.82) is 0 Å². The molecule has 2 rings (SSSR count). The van der Waals surface area contributed by atoms with E-state index >= 15 is 0 Å². The van der Waals surface area contributed by atoms with Crippen LogP contribution in [0.1, 0.15) is 24.1 Å². The molecule has 112 valence electrons. The van der Waals surface area contributed by atoms with Gasteiger partial charge >= 0.3 is 0 Å². The highest BCUT2D eigenvalue weighted by molar-refractivity contribution is 7.89. The third kappa shape index (κ3) is 3.65. The second-order valence-electron chi connectivity index (χ2n) is 4.81. The fraction of sp³-hybridized carbons (Fsp3) is 0.200. The Morgan fingerprint density at radius 2 is 1.67 bits per heavy atom. The molecule has 0 fully saturated rings. The van der Waals surface area contributed by atoms with Gasteiger partial charge < -0.3 is 0 Å². The van der Waals surface area contributed by atoms with Gasteiger partial charge in [-0.15, -0.1) is 0 Å². The van der Waals surface area contributed by atoms with Crippen LogP contribution in [0.15, 0.2) is 47.4 Å². The van der Waals surface area contributed by atoms with Gasteiger partial charge in [0.15, 0.2) is 0 Å². The predicted molar refractivity (Wildman–Crippen MR) is 76.3 cm³/mol. The Bertz CT molecular complexity index is 743. The molecule has 2 aromatic carbocycles. The summed E-state index contributed by atoms with van der Waals surface area (Å²) in [4.78, 5) is -0.0386. The van der Waals surface area contributed by atoms with Gasteiger partial charge in [0.05, 0.1) is 4.90 Å². The van der Waals surface area contributed by atoms with E-state index in [2.05, 4.69) is 4.72 Å². The zero-order chi connectivity index (χ0) is 15.6. The molecule has 0 radical (unpaired) electrons. The van der Waals surface area contributed by atoms with E-state index < -0.39 is 21.9 Å². The largest absolute Gasteiger partial charge is 0.241 e. The van der Waals surface area contributed by atoms with Crippen LogP contribution >= 0.6 is 0 Å². The Morgan fingerprint density at radius 3 is 2.24 bits per heavy atom.